The van der Waals surface area contributed by atoms with Gasteiger partial charge < -0.3 is 11.1 Å². The van der Waals surface area contributed by atoms with Crippen molar-refractivity contribution in [1.82, 2.24) is 9.97 Å². The molecule has 0 radical (unpaired) electrons. The molecular weight excluding hydrogens is 304 g/mol. The van der Waals surface area contributed by atoms with E-state index < -0.39 is 0 Å². The number of nitrogens with two attached hydrogens (primary N) is 1. The van der Waals surface area contributed by atoms with Crippen LogP contribution in [0.3, 0.4) is 0 Å². The first-order chi connectivity index (χ1) is 8.84. The van der Waals surface area contributed by atoms with Crippen LogP contribution >= 0.6 is 15.9 Å². The Balaban J connectivity index is 2.33. The second-order valence-corrected chi connectivity index (χ2v) is 6.30. The first-order valence-electron chi connectivity index (χ1n) is 6.02. The quantitative estimate of drug-likeness (QED) is 0.881. The summed E-state index contributed by atoms with van der Waals surface area (Å²) in [5.41, 5.74) is 6.65. The Morgan fingerprint density at radius 2 is 1.89 bits per heavy atom. The third-order valence-corrected chi connectivity index (χ3v) is 3.01. The van der Waals surface area contributed by atoms with Crippen LogP contribution in [0.5, 0.6) is 0 Å². The topological polar surface area (TPSA) is 63.8 Å². The summed E-state index contributed by atoms with van der Waals surface area (Å²) >= 11 is 3.44. The first kappa shape index (κ1) is 13.8. The van der Waals surface area contributed by atoms with E-state index in [-0.39, 0.29) is 5.41 Å². The van der Waals surface area contributed by atoms with Gasteiger partial charge in [-0.15, -0.1) is 0 Å². The minimum absolute atomic E-state index is 0.136. The van der Waals surface area contributed by atoms with Crippen molar-refractivity contribution in [3.8, 4) is 0 Å². The lowest BCUT2D eigenvalue weighted by atomic mass is 9.96. The molecule has 0 amide bonds. The van der Waals surface area contributed by atoms with Crippen molar-refractivity contribution in [2.45, 2.75) is 26.2 Å². The fraction of sp³-hybridized carbons (Fsp3) is 0.286. The average Bonchev–Trinajstić information content (AvgIpc) is 2.26. The van der Waals surface area contributed by atoms with E-state index >= 15 is 0 Å². The van der Waals surface area contributed by atoms with Gasteiger partial charge in [-0.1, -0.05) is 42.8 Å². The molecule has 1 aromatic heterocycles. The summed E-state index contributed by atoms with van der Waals surface area (Å²) in [5.74, 6) is 1.90. The minimum atomic E-state index is -0.136. The van der Waals surface area contributed by atoms with Gasteiger partial charge in [0, 0.05) is 21.6 Å². The molecule has 2 aromatic rings. The van der Waals surface area contributed by atoms with Gasteiger partial charge in [0.05, 0.1) is 0 Å². The molecule has 0 saturated heterocycles. The molecule has 1 heterocycles. The maximum atomic E-state index is 5.84. The first-order valence-corrected chi connectivity index (χ1v) is 6.81. The molecule has 100 valence electrons. The molecule has 5 heteroatoms. The van der Waals surface area contributed by atoms with Crippen molar-refractivity contribution in [2.24, 2.45) is 0 Å². The van der Waals surface area contributed by atoms with Gasteiger partial charge in [-0.25, -0.2) is 9.97 Å². The van der Waals surface area contributed by atoms with Crippen molar-refractivity contribution in [3.05, 3.63) is 40.6 Å². The summed E-state index contributed by atoms with van der Waals surface area (Å²) in [6.07, 6.45) is 0. The molecule has 0 aliphatic carbocycles. The Hall–Kier alpha value is -1.62. The highest BCUT2D eigenvalue weighted by atomic mass is 79.9. The summed E-state index contributed by atoms with van der Waals surface area (Å²) in [7, 11) is 0. The molecular formula is C14H17BrN4. The van der Waals surface area contributed by atoms with Crippen LogP contribution in [0.1, 0.15) is 26.6 Å². The Morgan fingerprint density at radius 1 is 1.16 bits per heavy atom. The number of rotatable bonds is 2. The van der Waals surface area contributed by atoms with E-state index in [1.165, 1.54) is 0 Å². The lowest BCUT2D eigenvalue weighted by Gasteiger charge is -2.18. The van der Waals surface area contributed by atoms with Crippen LogP contribution in [0.2, 0.25) is 0 Å². The normalized spacial score (nSPS) is 11.4. The largest absolute Gasteiger partial charge is 0.384 e. The second kappa shape index (κ2) is 5.17. The highest BCUT2D eigenvalue weighted by Crippen LogP contribution is 2.24. The van der Waals surface area contributed by atoms with Gasteiger partial charge >= 0.3 is 0 Å². The maximum absolute atomic E-state index is 5.84. The van der Waals surface area contributed by atoms with Crippen LogP contribution in [0.15, 0.2) is 34.8 Å². The lowest BCUT2D eigenvalue weighted by molar-refractivity contribution is 0.547. The monoisotopic (exact) mass is 320 g/mol. The summed E-state index contributed by atoms with van der Waals surface area (Å²) < 4.78 is 1.01. The van der Waals surface area contributed by atoms with Crippen LogP contribution in [0, 0.1) is 0 Å². The van der Waals surface area contributed by atoms with E-state index in [0.717, 1.165) is 16.0 Å². The van der Waals surface area contributed by atoms with Gasteiger partial charge in [0.15, 0.2) is 0 Å². The number of benzene rings is 1. The summed E-state index contributed by atoms with van der Waals surface area (Å²) in [5, 5.41) is 3.24. The molecule has 0 spiro atoms. The zero-order valence-corrected chi connectivity index (χ0v) is 12.8. The number of nitrogens with one attached hydrogen (secondary N) is 1. The summed E-state index contributed by atoms with van der Waals surface area (Å²) in [6, 6.07) is 9.62. The van der Waals surface area contributed by atoms with E-state index in [0.29, 0.717) is 11.6 Å². The van der Waals surface area contributed by atoms with Gasteiger partial charge in [0.2, 0.25) is 0 Å². The van der Waals surface area contributed by atoms with E-state index in [1.807, 2.05) is 24.3 Å². The van der Waals surface area contributed by atoms with Gasteiger partial charge in [-0.2, -0.15) is 0 Å². The van der Waals surface area contributed by atoms with Crippen molar-refractivity contribution >= 4 is 33.3 Å². The molecule has 0 aliphatic heterocycles. The fourth-order valence-electron chi connectivity index (χ4n) is 1.58. The van der Waals surface area contributed by atoms with E-state index in [4.69, 9.17) is 5.73 Å². The van der Waals surface area contributed by atoms with Crippen LogP contribution in [-0.4, -0.2) is 9.97 Å². The Kier molecular flexibility index (Phi) is 3.75. The lowest BCUT2D eigenvalue weighted by Crippen LogP contribution is -2.17. The molecule has 2 rings (SSSR count). The second-order valence-electron chi connectivity index (χ2n) is 5.39. The zero-order valence-electron chi connectivity index (χ0n) is 11.2. The van der Waals surface area contributed by atoms with Crippen molar-refractivity contribution in [1.29, 1.82) is 0 Å². The van der Waals surface area contributed by atoms with E-state index in [1.54, 1.807) is 6.07 Å². The predicted molar refractivity (Wildman–Crippen MR) is 82.6 cm³/mol. The number of hydrogen-bond donors (Lipinski definition) is 2. The number of aromatic nitrogens is 2. The summed E-state index contributed by atoms with van der Waals surface area (Å²) in [6.45, 7) is 6.18. The average molecular weight is 321 g/mol. The SMILES string of the molecule is CC(C)(C)c1nc(N)cc(Nc2cccc(Br)c2)n1. The highest BCUT2D eigenvalue weighted by molar-refractivity contribution is 9.10. The molecule has 0 aliphatic rings. The number of hydrogen-bond acceptors (Lipinski definition) is 4. The Morgan fingerprint density at radius 3 is 2.53 bits per heavy atom. The third kappa shape index (κ3) is 3.67. The molecule has 0 unspecified atom stereocenters. The molecule has 0 saturated carbocycles. The number of halogens is 1. The standard InChI is InChI=1S/C14H17BrN4/c1-14(2,3)13-18-11(16)8-12(19-13)17-10-6-4-5-9(15)7-10/h4-8H,1-3H3,(H3,16,17,18,19). The summed E-state index contributed by atoms with van der Waals surface area (Å²) in [4.78, 5) is 8.79. The Labute approximate surface area is 121 Å². The molecule has 1 aromatic carbocycles. The number of nitrogens with zero attached hydrogens (tertiary/aromatic N) is 2. The van der Waals surface area contributed by atoms with Gasteiger partial charge in [0.1, 0.15) is 17.5 Å². The predicted octanol–water partition coefficient (Wildman–Crippen LogP) is 3.86. The van der Waals surface area contributed by atoms with Crippen LogP contribution in [0.25, 0.3) is 0 Å². The number of anilines is 3. The van der Waals surface area contributed by atoms with E-state index in [2.05, 4.69) is 52.0 Å². The van der Waals surface area contributed by atoms with Gasteiger partial charge in [0.25, 0.3) is 0 Å². The van der Waals surface area contributed by atoms with Crippen molar-refractivity contribution in [2.75, 3.05) is 11.1 Å². The Bertz CT molecular complexity index is 590. The smallest absolute Gasteiger partial charge is 0.138 e. The highest BCUT2D eigenvalue weighted by Gasteiger charge is 2.18. The van der Waals surface area contributed by atoms with Crippen LogP contribution < -0.4 is 11.1 Å². The minimum Gasteiger partial charge on any atom is -0.384 e. The number of nitrogen functional groups attached to an aromatic ring is 1. The molecule has 0 atom stereocenters. The van der Waals surface area contributed by atoms with E-state index in [9.17, 15) is 0 Å². The van der Waals surface area contributed by atoms with Gasteiger partial charge in [-0.3, -0.25) is 0 Å². The van der Waals surface area contributed by atoms with Crippen LogP contribution in [-0.2, 0) is 5.41 Å². The molecule has 0 fully saturated rings. The zero-order chi connectivity index (χ0) is 14.0. The fourth-order valence-corrected chi connectivity index (χ4v) is 1.98. The molecule has 3 N–H and O–H groups in total. The van der Waals surface area contributed by atoms with Crippen molar-refractivity contribution in [3.63, 3.8) is 0 Å². The third-order valence-electron chi connectivity index (χ3n) is 2.51. The van der Waals surface area contributed by atoms with Crippen LogP contribution in [0.4, 0.5) is 17.3 Å². The van der Waals surface area contributed by atoms with Crippen molar-refractivity contribution < 1.29 is 0 Å². The molecule has 19 heavy (non-hydrogen) atoms. The maximum Gasteiger partial charge on any atom is 0.138 e. The molecule has 0 bridgehead atoms. The van der Waals surface area contributed by atoms with Gasteiger partial charge in [-0.05, 0) is 18.2 Å². The molecule has 4 nitrogen and oxygen atoms in total.